The van der Waals surface area contributed by atoms with Crippen molar-refractivity contribution in [3.8, 4) is 0 Å². The molecule has 0 radical (unpaired) electrons. The average Bonchev–Trinajstić information content (AvgIpc) is 3.37. The minimum absolute atomic E-state index is 0.352. The van der Waals surface area contributed by atoms with Crippen molar-refractivity contribution in [2.45, 2.75) is 33.1 Å². The SMILES string of the molecule is Cc1cccc(NC(=O)COC(=O)c2c3c(nc4ccccc24)C(=Cc2cccs2)CCC3)c1C. The molecule has 0 saturated heterocycles. The van der Waals surface area contributed by atoms with E-state index < -0.39 is 5.97 Å². The Morgan fingerprint density at radius 1 is 1.06 bits per heavy atom. The zero-order valence-electron chi connectivity index (χ0n) is 19.8. The maximum absolute atomic E-state index is 13.4. The Bertz CT molecular complexity index is 1450. The van der Waals surface area contributed by atoms with Gasteiger partial charge >= 0.3 is 5.97 Å². The predicted molar refractivity (Wildman–Crippen MR) is 142 cm³/mol. The molecule has 35 heavy (non-hydrogen) atoms. The van der Waals surface area contributed by atoms with E-state index in [1.165, 1.54) is 0 Å². The molecule has 0 bridgehead atoms. The first-order valence-electron chi connectivity index (χ1n) is 11.7. The normalized spacial score (nSPS) is 14.1. The second kappa shape index (κ2) is 9.84. The van der Waals surface area contributed by atoms with Crippen molar-refractivity contribution in [3.05, 3.63) is 92.8 Å². The summed E-state index contributed by atoms with van der Waals surface area (Å²) in [5.74, 6) is -0.856. The zero-order chi connectivity index (χ0) is 24.4. The summed E-state index contributed by atoms with van der Waals surface area (Å²) in [6.07, 6.45) is 4.74. The highest BCUT2D eigenvalue weighted by Crippen LogP contribution is 2.36. The number of pyridine rings is 1. The second-order valence-corrected chi connectivity index (χ2v) is 9.72. The van der Waals surface area contributed by atoms with Crippen molar-refractivity contribution in [1.82, 2.24) is 4.98 Å². The smallest absolute Gasteiger partial charge is 0.339 e. The van der Waals surface area contributed by atoms with Crippen molar-refractivity contribution < 1.29 is 14.3 Å². The van der Waals surface area contributed by atoms with Crippen LogP contribution in [-0.4, -0.2) is 23.5 Å². The molecule has 0 unspecified atom stereocenters. The van der Waals surface area contributed by atoms with Crippen LogP contribution < -0.4 is 5.32 Å². The summed E-state index contributed by atoms with van der Waals surface area (Å²) in [7, 11) is 0. The molecule has 6 heteroatoms. The van der Waals surface area contributed by atoms with Crippen LogP contribution in [0.25, 0.3) is 22.6 Å². The lowest BCUT2D eigenvalue weighted by Crippen LogP contribution is -2.23. The van der Waals surface area contributed by atoms with Crippen molar-refractivity contribution in [2.24, 2.45) is 0 Å². The van der Waals surface area contributed by atoms with Gasteiger partial charge in [-0.1, -0.05) is 36.4 Å². The number of anilines is 1. The Labute approximate surface area is 208 Å². The number of amides is 1. The van der Waals surface area contributed by atoms with Crippen LogP contribution >= 0.6 is 11.3 Å². The van der Waals surface area contributed by atoms with Crippen LogP contribution in [0.5, 0.6) is 0 Å². The van der Waals surface area contributed by atoms with Crippen molar-refractivity contribution in [3.63, 3.8) is 0 Å². The van der Waals surface area contributed by atoms with Gasteiger partial charge in [-0.25, -0.2) is 9.78 Å². The van der Waals surface area contributed by atoms with E-state index >= 15 is 0 Å². The second-order valence-electron chi connectivity index (χ2n) is 8.74. The molecule has 2 aromatic carbocycles. The fraction of sp³-hybridized carbons (Fsp3) is 0.207. The van der Waals surface area contributed by atoms with Gasteiger partial charge in [0.2, 0.25) is 0 Å². The Morgan fingerprint density at radius 2 is 1.91 bits per heavy atom. The Hall–Kier alpha value is -3.77. The Balaban J connectivity index is 1.45. The molecule has 1 aliphatic carbocycles. The van der Waals surface area contributed by atoms with Gasteiger partial charge in [0.15, 0.2) is 6.61 Å². The van der Waals surface area contributed by atoms with Gasteiger partial charge in [-0.05, 0) is 85.0 Å². The molecule has 0 atom stereocenters. The molecule has 1 N–H and O–H groups in total. The topological polar surface area (TPSA) is 68.3 Å². The van der Waals surface area contributed by atoms with Gasteiger partial charge in [0, 0.05) is 16.0 Å². The number of thiophene rings is 1. The molecular weight excluding hydrogens is 456 g/mol. The third kappa shape index (κ3) is 4.75. The number of ether oxygens (including phenoxy) is 1. The van der Waals surface area contributed by atoms with Gasteiger partial charge in [-0.2, -0.15) is 0 Å². The third-order valence-corrected chi connectivity index (χ3v) is 7.27. The lowest BCUT2D eigenvalue weighted by Gasteiger charge is -2.22. The van der Waals surface area contributed by atoms with E-state index in [-0.39, 0.29) is 12.5 Å². The van der Waals surface area contributed by atoms with Crippen molar-refractivity contribution >= 4 is 51.5 Å². The van der Waals surface area contributed by atoms with Gasteiger partial charge in [0.1, 0.15) is 0 Å². The highest BCUT2D eigenvalue weighted by atomic mass is 32.1. The van der Waals surface area contributed by atoms with E-state index in [4.69, 9.17) is 9.72 Å². The number of aryl methyl sites for hydroxylation is 1. The highest BCUT2D eigenvalue weighted by Gasteiger charge is 2.26. The quantitative estimate of drug-likeness (QED) is 0.326. The standard InChI is InChI=1S/C29H26N2O3S/c1-18-8-5-14-24(19(18)2)30-26(32)17-34-29(33)27-22-11-3-4-13-25(22)31-28-20(9-6-12-23(27)28)16-21-10-7-15-35-21/h3-5,7-8,10-11,13-16H,6,9,12,17H2,1-2H3,(H,30,32). The summed E-state index contributed by atoms with van der Waals surface area (Å²) < 4.78 is 5.55. The number of nitrogens with one attached hydrogen (secondary N) is 1. The van der Waals surface area contributed by atoms with E-state index in [9.17, 15) is 9.59 Å². The number of para-hydroxylation sites is 1. The number of hydrogen-bond donors (Lipinski definition) is 1. The largest absolute Gasteiger partial charge is 0.452 e. The Kier molecular flexibility index (Phi) is 6.47. The number of benzene rings is 2. The van der Waals surface area contributed by atoms with Crippen molar-refractivity contribution in [2.75, 3.05) is 11.9 Å². The first-order chi connectivity index (χ1) is 17.0. The van der Waals surface area contributed by atoms with Crippen LogP contribution in [0.3, 0.4) is 0 Å². The van der Waals surface area contributed by atoms with Gasteiger partial charge < -0.3 is 10.1 Å². The zero-order valence-corrected chi connectivity index (χ0v) is 20.6. The monoisotopic (exact) mass is 482 g/mol. The fourth-order valence-electron chi connectivity index (χ4n) is 4.53. The van der Waals surface area contributed by atoms with Crippen LogP contribution in [0, 0.1) is 13.8 Å². The molecule has 1 aliphatic rings. The van der Waals surface area contributed by atoms with Crippen LogP contribution in [0.2, 0.25) is 0 Å². The maximum atomic E-state index is 13.4. The number of nitrogens with zero attached hydrogens (tertiary/aromatic N) is 1. The summed E-state index contributed by atoms with van der Waals surface area (Å²) in [4.78, 5) is 32.1. The van der Waals surface area contributed by atoms with Gasteiger partial charge in [0.05, 0.1) is 16.8 Å². The number of carbonyl (C=O) groups is 2. The Morgan fingerprint density at radius 3 is 2.74 bits per heavy atom. The molecule has 5 nitrogen and oxygen atoms in total. The number of rotatable bonds is 5. The fourth-order valence-corrected chi connectivity index (χ4v) is 5.21. The first kappa shape index (κ1) is 23.0. The molecule has 0 saturated carbocycles. The summed E-state index contributed by atoms with van der Waals surface area (Å²) in [6.45, 7) is 3.59. The number of aromatic nitrogens is 1. The van der Waals surface area contributed by atoms with Crippen molar-refractivity contribution in [1.29, 1.82) is 0 Å². The molecule has 5 rings (SSSR count). The molecule has 2 aromatic heterocycles. The predicted octanol–water partition coefficient (Wildman–Crippen LogP) is 6.59. The molecule has 176 valence electrons. The van der Waals surface area contributed by atoms with Crippen LogP contribution in [0.15, 0.2) is 60.0 Å². The van der Waals surface area contributed by atoms with Gasteiger partial charge in [-0.3, -0.25) is 4.79 Å². The molecule has 0 aliphatic heterocycles. The van der Waals surface area contributed by atoms with E-state index in [1.54, 1.807) is 11.3 Å². The molecule has 0 fully saturated rings. The number of esters is 1. The van der Waals surface area contributed by atoms with E-state index in [0.717, 1.165) is 68.7 Å². The minimum atomic E-state index is -0.492. The summed E-state index contributed by atoms with van der Waals surface area (Å²) in [6, 6.07) is 17.5. The first-order valence-corrected chi connectivity index (χ1v) is 12.6. The lowest BCUT2D eigenvalue weighted by atomic mass is 9.86. The van der Waals surface area contributed by atoms with E-state index in [2.05, 4.69) is 22.8 Å². The summed E-state index contributed by atoms with van der Waals surface area (Å²) in [5.41, 5.74) is 6.95. The number of allylic oxidation sites excluding steroid dienone is 1. The highest BCUT2D eigenvalue weighted by molar-refractivity contribution is 7.10. The number of carbonyl (C=O) groups excluding carboxylic acids is 2. The maximum Gasteiger partial charge on any atom is 0.339 e. The average molecular weight is 483 g/mol. The van der Waals surface area contributed by atoms with E-state index in [0.29, 0.717) is 5.56 Å². The number of hydrogen-bond acceptors (Lipinski definition) is 5. The molecular formula is C29H26N2O3S. The molecule has 2 heterocycles. The third-order valence-electron chi connectivity index (χ3n) is 6.45. The van der Waals surface area contributed by atoms with Crippen LogP contribution in [0.1, 0.15) is 50.5 Å². The summed E-state index contributed by atoms with van der Waals surface area (Å²) in [5, 5.41) is 5.66. The molecule has 1 amide bonds. The molecule has 0 spiro atoms. The van der Waals surface area contributed by atoms with Crippen LogP contribution in [0.4, 0.5) is 5.69 Å². The van der Waals surface area contributed by atoms with Gasteiger partial charge in [-0.15, -0.1) is 11.3 Å². The van der Waals surface area contributed by atoms with Crippen LogP contribution in [-0.2, 0) is 16.0 Å². The minimum Gasteiger partial charge on any atom is -0.452 e. The number of fused-ring (bicyclic) bond motifs is 2. The van der Waals surface area contributed by atoms with Gasteiger partial charge in [0.25, 0.3) is 5.91 Å². The summed E-state index contributed by atoms with van der Waals surface area (Å²) >= 11 is 1.68. The molecule has 4 aromatic rings. The van der Waals surface area contributed by atoms with E-state index in [1.807, 2.05) is 62.4 Å². The lowest BCUT2D eigenvalue weighted by molar-refractivity contribution is -0.119.